The fraction of sp³-hybridized carbons (Fsp3) is 0.737. The Labute approximate surface area is 175 Å². The van der Waals surface area contributed by atoms with Gasteiger partial charge in [0.25, 0.3) is 0 Å². The molecule has 0 aromatic heterocycles. The number of nitrogens with two attached hydrogens (primary N) is 1. The standard InChI is InChI=1S/C19H32N6O5/c1-11(26)21-8-16(28)23-9-18(30)25-14-3-12-5-19(2,6-13(12)4-14)24-10-17(29)22-7-15(20)27/h12-14,24H,3-10H2,1-2H3,(H2,20,27)(H,21,26)(H,22,29)(H,23,28)(H,25,30)/t12-,13+,14?,19?. The molecule has 11 nitrogen and oxygen atoms in total. The quantitative estimate of drug-likeness (QED) is 0.226. The molecule has 11 heteroatoms. The maximum absolute atomic E-state index is 12.1. The molecule has 0 spiro atoms. The van der Waals surface area contributed by atoms with Crippen molar-refractivity contribution in [3.8, 4) is 0 Å². The van der Waals surface area contributed by atoms with E-state index >= 15 is 0 Å². The van der Waals surface area contributed by atoms with E-state index < -0.39 is 11.8 Å². The average Bonchev–Trinajstić information content (AvgIpc) is 3.15. The summed E-state index contributed by atoms with van der Waals surface area (Å²) in [5.74, 6) is -0.900. The van der Waals surface area contributed by atoms with Crippen LogP contribution in [0.15, 0.2) is 0 Å². The second-order valence-corrected chi connectivity index (χ2v) is 8.51. The van der Waals surface area contributed by atoms with Gasteiger partial charge in [-0.2, -0.15) is 0 Å². The molecule has 168 valence electrons. The summed E-state index contributed by atoms with van der Waals surface area (Å²) in [5, 5.41) is 13.6. The predicted molar refractivity (Wildman–Crippen MR) is 108 cm³/mol. The molecule has 0 heterocycles. The molecule has 30 heavy (non-hydrogen) atoms. The number of primary amides is 1. The lowest BCUT2D eigenvalue weighted by molar-refractivity contribution is -0.127. The van der Waals surface area contributed by atoms with E-state index in [-0.39, 0.29) is 55.5 Å². The molecule has 2 aliphatic rings. The zero-order valence-electron chi connectivity index (χ0n) is 17.5. The molecule has 2 unspecified atom stereocenters. The fourth-order valence-electron chi connectivity index (χ4n) is 4.48. The van der Waals surface area contributed by atoms with Gasteiger partial charge in [0.05, 0.1) is 26.2 Å². The Hall–Kier alpha value is -2.69. The van der Waals surface area contributed by atoms with Crippen LogP contribution in [0, 0.1) is 11.8 Å². The highest BCUT2D eigenvalue weighted by molar-refractivity contribution is 5.87. The predicted octanol–water partition coefficient (Wildman–Crippen LogP) is -2.51. The summed E-state index contributed by atoms with van der Waals surface area (Å²) < 4.78 is 0. The summed E-state index contributed by atoms with van der Waals surface area (Å²) in [6.45, 7) is 3.09. The van der Waals surface area contributed by atoms with Crippen molar-refractivity contribution >= 4 is 29.5 Å². The Kier molecular flexibility index (Phi) is 8.16. The molecule has 0 aromatic rings. The highest BCUT2D eigenvalue weighted by atomic mass is 16.2. The first-order valence-electron chi connectivity index (χ1n) is 10.2. The topological polar surface area (TPSA) is 172 Å². The van der Waals surface area contributed by atoms with Gasteiger partial charge < -0.3 is 32.3 Å². The third-order valence-electron chi connectivity index (χ3n) is 5.71. The smallest absolute Gasteiger partial charge is 0.239 e. The zero-order chi connectivity index (χ0) is 22.3. The van der Waals surface area contributed by atoms with Gasteiger partial charge in [0, 0.05) is 18.5 Å². The van der Waals surface area contributed by atoms with Crippen LogP contribution in [0.3, 0.4) is 0 Å². The van der Waals surface area contributed by atoms with E-state index in [9.17, 15) is 24.0 Å². The number of nitrogens with one attached hydrogen (secondary N) is 5. The Morgan fingerprint density at radius 3 is 1.93 bits per heavy atom. The summed E-state index contributed by atoms with van der Waals surface area (Å²) in [7, 11) is 0. The molecule has 2 rings (SSSR count). The average molecular weight is 425 g/mol. The van der Waals surface area contributed by atoms with Crippen molar-refractivity contribution in [3.05, 3.63) is 0 Å². The highest BCUT2D eigenvalue weighted by Gasteiger charge is 2.47. The first kappa shape index (κ1) is 23.6. The number of rotatable bonds is 10. The molecule has 2 fully saturated rings. The number of hydrogen-bond donors (Lipinski definition) is 6. The molecule has 4 atom stereocenters. The second kappa shape index (κ2) is 10.4. The Morgan fingerprint density at radius 2 is 1.37 bits per heavy atom. The molecular weight excluding hydrogens is 392 g/mol. The van der Waals surface area contributed by atoms with Crippen LogP contribution in [-0.4, -0.2) is 67.3 Å². The summed E-state index contributed by atoms with van der Waals surface area (Å²) in [6, 6.07) is 0.0724. The van der Waals surface area contributed by atoms with Crippen LogP contribution in [0.5, 0.6) is 0 Å². The minimum Gasteiger partial charge on any atom is -0.368 e. The monoisotopic (exact) mass is 424 g/mol. The van der Waals surface area contributed by atoms with E-state index in [0.29, 0.717) is 11.8 Å². The molecule has 0 aliphatic heterocycles. The summed E-state index contributed by atoms with van der Waals surface area (Å²) in [5.41, 5.74) is 4.85. The molecule has 0 aromatic carbocycles. The number of carbonyl (C=O) groups is 5. The zero-order valence-corrected chi connectivity index (χ0v) is 17.5. The van der Waals surface area contributed by atoms with Crippen LogP contribution in [0.2, 0.25) is 0 Å². The lowest BCUT2D eigenvalue weighted by Crippen LogP contribution is -2.47. The van der Waals surface area contributed by atoms with E-state index in [1.165, 1.54) is 6.92 Å². The van der Waals surface area contributed by atoms with Crippen molar-refractivity contribution in [1.29, 1.82) is 0 Å². The van der Waals surface area contributed by atoms with Crippen molar-refractivity contribution in [1.82, 2.24) is 26.6 Å². The third kappa shape index (κ3) is 7.62. The van der Waals surface area contributed by atoms with Gasteiger partial charge in [-0.05, 0) is 44.4 Å². The number of fused-ring (bicyclic) bond motifs is 1. The Morgan fingerprint density at radius 1 is 0.833 bits per heavy atom. The van der Waals surface area contributed by atoms with Crippen molar-refractivity contribution in [2.45, 2.75) is 51.1 Å². The maximum Gasteiger partial charge on any atom is 0.239 e. The summed E-state index contributed by atoms with van der Waals surface area (Å²) >= 11 is 0. The number of hydrogen-bond acceptors (Lipinski definition) is 6. The minimum absolute atomic E-state index is 0.0724. The van der Waals surface area contributed by atoms with Gasteiger partial charge in [-0.15, -0.1) is 0 Å². The number of carbonyl (C=O) groups excluding carboxylic acids is 5. The van der Waals surface area contributed by atoms with Gasteiger partial charge in [-0.25, -0.2) is 0 Å². The lowest BCUT2D eigenvalue weighted by Gasteiger charge is -2.27. The van der Waals surface area contributed by atoms with Gasteiger partial charge in [-0.1, -0.05) is 0 Å². The SMILES string of the molecule is CC(=O)NCC(=O)NCC(=O)NC1C[C@@H]2CC(C)(NCC(=O)NCC(N)=O)C[C@@H]2C1. The number of amides is 5. The Balaban J connectivity index is 1.66. The summed E-state index contributed by atoms with van der Waals surface area (Å²) in [4.78, 5) is 56.9. The van der Waals surface area contributed by atoms with E-state index in [0.717, 1.165) is 25.7 Å². The highest BCUT2D eigenvalue weighted by Crippen LogP contribution is 2.48. The Bertz CT molecular complexity index is 683. The van der Waals surface area contributed by atoms with E-state index in [1.807, 2.05) is 0 Å². The molecule has 7 N–H and O–H groups in total. The van der Waals surface area contributed by atoms with E-state index in [1.54, 1.807) is 0 Å². The maximum atomic E-state index is 12.1. The molecule has 0 bridgehead atoms. The minimum atomic E-state index is -0.578. The van der Waals surface area contributed by atoms with Crippen molar-refractivity contribution in [2.75, 3.05) is 26.2 Å². The van der Waals surface area contributed by atoms with Gasteiger partial charge >= 0.3 is 0 Å². The molecular formula is C19H32N6O5. The van der Waals surface area contributed by atoms with Gasteiger partial charge in [0.2, 0.25) is 29.5 Å². The van der Waals surface area contributed by atoms with Crippen LogP contribution in [0.1, 0.15) is 39.5 Å². The summed E-state index contributed by atoms with van der Waals surface area (Å²) in [6.07, 6.45) is 3.53. The van der Waals surface area contributed by atoms with Crippen LogP contribution in [-0.2, 0) is 24.0 Å². The van der Waals surface area contributed by atoms with Crippen LogP contribution in [0.4, 0.5) is 0 Å². The molecule has 2 saturated carbocycles. The van der Waals surface area contributed by atoms with Crippen molar-refractivity contribution < 1.29 is 24.0 Å². The largest absolute Gasteiger partial charge is 0.368 e. The van der Waals surface area contributed by atoms with E-state index in [4.69, 9.17) is 5.73 Å². The second-order valence-electron chi connectivity index (χ2n) is 8.51. The molecule has 5 amide bonds. The first-order chi connectivity index (χ1) is 14.1. The van der Waals surface area contributed by atoms with Crippen LogP contribution < -0.4 is 32.3 Å². The fourth-order valence-corrected chi connectivity index (χ4v) is 4.48. The van der Waals surface area contributed by atoms with Crippen molar-refractivity contribution in [3.63, 3.8) is 0 Å². The molecule has 0 radical (unpaired) electrons. The van der Waals surface area contributed by atoms with E-state index in [2.05, 4.69) is 33.5 Å². The van der Waals surface area contributed by atoms with Gasteiger partial charge in [0.1, 0.15) is 0 Å². The van der Waals surface area contributed by atoms with Gasteiger partial charge in [-0.3, -0.25) is 24.0 Å². The van der Waals surface area contributed by atoms with Crippen LogP contribution in [0.25, 0.3) is 0 Å². The molecule has 2 aliphatic carbocycles. The first-order valence-corrected chi connectivity index (χ1v) is 10.2. The third-order valence-corrected chi connectivity index (χ3v) is 5.71. The normalized spacial score (nSPS) is 27.1. The molecule has 0 saturated heterocycles. The van der Waals surface area contributed by atoms with Crippen LogP contribution >= 0.6 is 0 Å². The van der Waals surface area contributed by atoms with Gasteiger partial charge in [0.15, 0.2) is 0 Å². The lowest BCUT2D eigenvalue weighted by atomic mass is 9.95. The van der Waals surface area contributed by atoms with Crippen molar-refractivity contribution in [2.24, 2.45) is 17.6 Å².